The van der Waals surface area contributed by atoms with Gasteiger partial charge in [0.05, 0.1) is 45.1 Å². The fourth-order valence-electron chi connectivity index (χ4n) is 6.47. The third-order valence-corrected chi connectivity index (χ3v) is 8.14. The minimum absolute atomic E-state index is 0.0308. The lowest BCUT2D eigenvalue weighted by Crippen LogP contribution is -2.02. The molecule has 186 valence electrons. The standard InChI is InChI=1S/C35H20N4O/c40-35-27-13-8-18-36-31(27)32-28(35)19-22(20-37-32)39-30-15-7-5-12-24(30)26-17-16-25-23-11-4-6-14-29(23)38(33(25)34(26)39)21-9-2-1-3-10-21/h1-20H. The Hall–Kier alpha value is -5.55. The molecule has 5 nitrogen and oxygen atoms in total. The number of hydrogen-bond acceptors (Lipinski definition) is 3. The van der Waals surface area contributed by atoms with Crippen molar-refractivity contribution in [3.05, 3.63) is 133 Å². The van der Waals surface area contributed by atoms with Gasteiger partial charge in [0.25, 0.3) is 0 Å². The van der Waals surface area contributed by atoms with Crippen LogP contribution in [0.3, 0.4) is 0 Å². The topological polar surface area (TPSA) is 52.7 Å². The lowest BCUT2D eigenvalue weighted by atomic mass is 10.1. The number of para-hydroxylation sites is 3. The number of hydrogen-bond donors (Lipinski definition) is 0. The first-order valence-corrected chi connectivity index (χ1v) is 13.3. The largest absolute Gasteiger partial charge is 0.307 e. The van der Waals surface area contributed by atoms with Crippen LogP contribution >= 0.6 is 0 Å². The molecule has 0 N–H and O–H groups in total. The van der Waals surface area contributed by atoms with Crippen LogP contribution in [0, 0.1) is 0 Å². The lowest BCUT2D eigenvalue weighted by Gasteiger charge is -2.13. The molecular formula is C35H20N4O. The molecule has 1 aliphatic rings. The lowest BCUT2D eigenvalue weighted by molar-refractivity contribution is 0.104. The highest BCUT2D eigenvalue weighted by Gasteiger charge is 2.30. The van der Waals surface area contributed by atoms with E-state index in [1.807, 2.05) is 24.4 Å². The van der Waals surface area contributed by atoms with E-state index in [1.165, 1.54) is 10.8 Å². The van der Waals surface area contributed by atoms with Gasteiger partial charge in [0.2, 0.25) is 0 Å². The highest BCUT2D eigenvalue weighted by atomic mass is 16.1. The predicted molar refractivity (Wildman–Crippen MR) is 160 cm³/mol. The number of benzene rings is 4. The van der Waals surface area contributed by atoms with E-state index in [0.29, 0.717) is 22.5 Å². The van der Waals surface area contributed by atoms with Crippen LogP contribution in [0.2, 0.25) is 0 Å². The number of rotatable bonds is 2. The first-order valence-electron chi connectivity index (χ1n) is 13.3. The zero-order chi connectivity index (χ0) is 26.4. The van der Waals surface area contributed by atoms with Gasteiger partial charge in [0, 0.05) is 33.4 Å². The number of pyridine rings is 2. The molecule has 4 aromatic heterocycles. The van der Waals surface area contributed by atoms with Crippen molar-refractivity contribution in [2.75, 3.05) is 0 Å². The van der Waals surface area contributed by atoms with Gasteiger partial charge in [-0.2, -0.15) is 0 Å². The summed E-state index contributed by atoms with van der Waals surface area (Å²) in [5, 5.41) is 4.68. The van der Waals surface area contributed by atoms with E-state index in [1.54, 1.807) is 12.3 Å². The van der Waals surface area contributed by atoms with Crippen molar-refractivity contribution in [1.82, 2.24) is 19.1 Å². The van der Waals surface area contributed by atoms with Crippen LogP contribution in [-0.4, -0.2) is 24.9 Å². The fourth-order valence-corrected chi connectivity index (χ4v) is 6.47. The minimum Gasteiger partial charge on any atom is -0.307 e. The summed E-state index contributed by atoms with van der Waals surface area (Å²) in [7, 11) is 0. The van der Waals surface area contributed by atoms with Gasteiger partial charge >= 0.3 is 0 Å². The average Bonchev–Trinajstić information content (AvgIpc) is 3.63. The van der Waals surface area contributed by atoms with Crippen LogP contribution in [-0.2, 0) is 0 Å². The summed E-state index contributed by atoms with van der Waals surface area (Å²) in [6.07, 6.45) is 3.58. The van der Waals surface area contributed by atoms with Crippen molar-refractivity contribution in [1.29, 1.82) is 0 Å². The van der Waals surface area contributed by atoms with Gasteiger partial charge in [-0.05, 0) is 42.5 Å². The molecule has 1 aliphatic carbocycles. The molecule has 0 aliphatic heterocycles. The Morgan fingerprint density at radius 1 is 0.500 bits per heavy atom. The Kier molecular flexibility index (Phi) is 4.14. The van der Waals surface area contributed by atoms with Crippen LogP contribution in [0.5, 0.6) is 0 Å². The zero-order valence-electron chi connectivity index (χ0n) is 21.2. The van der Waals surface area contributed by atoms with Gasteiger partial charge in [-0.3, -0.25) is 14.8 Å². The van der Waals surface area contributed by atoms with E-state index in [9.17, 15) is 4.79 Å². The highest BCUT2D eigenvalue weighted by Crippen LogP contribution is 2.42. The second-order valence-electron chi connectivity index (χ2n) is 10.2. The Bertz CT molecular complexity index is 2340. The molecule has 0 atom stereocenters. The van der Waals surface area contributed by atoms with Crippen molar-refractivity contribution < 1.29 is 4.79 Å². The second-order valence-corrected chi connectivity index (χ2v) is 10.2. The molecule has 0 saturated carbocycles. The molecular weight excluding hydrogens is 492 g/mol. The van der Waals surface area contributed by atoms with Gasteiger partial charge in [-0.15, -0.1) is 0 Å². The Balaban J connectivity index is 1.46. The van der Waals surface area contributed by atoms with Crippen LogP contribution < -0.4 is 0 Å². The van der Waals surface area contributed by atoms with Gasteiger partial charge in [0.1, 0.15) is 11.4 Å². The summed E-state index contributed by atoms with van der Waals surface area (Å²) < 4.78 is 4.62. The first-order chi connectivity index (χ1) is 19.8. The SMILES string of the molecule is O=C1c2cccnc2-c2ncc(-n3c4ccccc4c4ccc5c6ccccc6n(-c6ccccc6)c5c43)cc21. The second kappa shape index (κ2) is 7.74. The maximum absolute atomic E-state index is 13.4. The van der Waals surface area contributed by atoms with Crippen molar-refractivity contribution in [3.8, 4) is 22.8 Å². The third kappa shape index (κ3) is 2.68. The Morgan fingerprint density at radius 3 is 1.80 bits per heavy atom. The molecule has 0 saturated heterocycles. The summed E-state index contributed by atoms with van der Waals surface area (Å²) in [6.45, 7) is 0. The summed E-state index contributed by atoms with van der Waals surface area (Å²) in [6, 6.07) is 37.6. The molecule has 0 amide bonds. The molecule has 0 radical (unpaired) electrons. The van der Waals surface area contributed by atoms with Crippen molar-refractivity contribution >= 4 is 49.4 Å². The number of aromatic nitrogens is 4. The van der Waals surface area contributed by atoms with Crippen LogP contribution in [0.1, 0.15) is 15.9 Å². The quantitative estimate of drug-likeness (QED) is 0.237. The molecule has 40 heavy (non-hydrogen) atoms. The third-order valence-electron chi connectivity index (χ3n) is 8.14. The van der Waals surface area contributed by atoms with E-state index in [4.69, 9.17) is 4.98 Å². The summed E-state index contributed by atoms with van der Waals surface area (Å²) in [5.74, 6) is -0.0308. The van der Waals surface area contributed by atoms with Gasteiger partial charge in [-0.1, -0.05) is 66.7 Å². The maximum atomic E-state index is 13.4. The number of carbonyl (C=O) groups is 1. The van der Waals surface area contributed by atoms with Crippen LogP contribution in [0.25, 0.3) is 66.4 Å². The fraction of sp³-hybridized carbons (Fsp3) is 0. The van der Waals surface area contributed by atoms with E-state index >= 15 is 0 Å². The van der Waals surface area contributed by atoms with Gasteiger partial charge < -0.3 is 9.13 Å². The summed E-state index contributed by atoms with van der Waals surface area (Å²) in [4.78, 5) is 22.7. The minimum atomic E-state index is -0.0308. The van der Waals surface area contributed by atoms with Crippen molar-refractivity contribution in [2.24, 2.45) is 0 Å². The van der Waals surface area contributed by atoms with Crippen LogP contribution in [0.15, 0.2) is 122 Å². The van der Waals surface area contributed by atoms with E-state index < -0.39 is 0 Å². The predicted octanol–water partition coefficient (Wildman–Crippen LogP) is 7.88. The van der Waals surface area contributed by atoms with E-state index in [-0.39, 0.29) is 5.78 Å². The molecule has 0 fully saturated rings. The van der Waals surface area contributed by atoms with Gasteiger partial charge in [-0.25, -0.2) is 0 Å². The molecule has 0 bridgehead atoms. The molecule has 0 unspecified atom stereocenters. The molecule has 4 aromatic carbocycles. The Morgan fingerprint density at radius 2 is 1.10 bits per heavy atom. The number of ketones is 1. The monoisotopic (exact) mass is 512 g/mol. The smallest absolute Gasteiger partial charge is 0.197 e. The highest BCUT2D eigenvalue weighted by molar-refractivity contribution is 6.24. The zero-order valence-corrected chi connectivity index (χ0v) is 21.2. The van der Waals surface area contributed by atoms with Crippen molar-refractivity contribution in [3.63, 3.8) is 0 Å². The number of fused-ring (bicyclic) bond motifs is 10. The summed E-state index contributed by atoms with van der Waals surface area (Å²) >= 11 is 0. The molecule has 0 spiro atoms. The average molecular weight is 513 g/mol. The first kappa shape index (κ1) is 21.4. The molecule has 5 heteroatoms. The van der Waals surface area contributed by atoms with E-state index in [2.05, 4.69) is 99.0 Å². The Labute approximate surface area is 228 Å². The summed E-state index contributed by atoms with van der Waals surface area (Å²) in [5.41, 5.74) is 8.87. The normalized spacial score (nSPS) is 12.6. The molecule has 8 aromatic rings. The number of nitrogens with zero attached hydrogens (tertiary/aromatic N) is 4. The van der Waals surface area contributed by atoms with E-state index in [0.717, 1.165) is 44.2 Å². The maximum Gasteiger partial charge on any atom is 0.197 e. The number of carbonyl (C=O) groups excluding carboxylic acids is 1. The van der Waals surface area contributed by atoms with Crippen LogP contribution in [0.4, 0.5) is 0 Å². The molecule has 4 heterocycles. The molecule has 9 rings (SSSR count). The van der Waals surface area contributed by atoms with Gasteiger partial charge in [0.15, 0.2) is 5.78 Å². The van der Waals surface area contributed by atoms with Crippen molar-refractivity contribution in [2.45, 2.75) is 0 Å².